The van der Waals surface area contributed by atoms with E-state index in [1.165, 1.54) is 6.07 Å². The van der Waals surface area contributed by atoms with E-state index in [-0.39, 0.29) is 10.6 Å². The second-order valence-corrected chi connectivity index (χ2v) is 4.25. The van der Waals surface area contributed by atoms with Gasteiger partial charge in [0, 0.05) is 13.2 Å². The molecule has 0 aliphatic heterocycles. The van der Waals surface area contributed by atoms with Gasteiger partial charge in [0.25, 0.3) is 0 Å². The number of halogens is 1. The van der Waals surface area contributed by atoms with Crippen molar-refractivity contribution in [3.8, 4) is 11.4 Å². The van der Waals surface area contributed by atoms with E-state index in [0.29, 0.717) is 23.5 Å². The van der Waals surface area contributed by atoms with Crippen LogP contribution in [0.2, 0.25) is 5.02 Å². The molecule has 0 aliphatic carbocycles. The first kappa shape index (κ1) is 12.6. The highest BCUT2D eigenvalue weighted by Crippen LogP contribution is 2.25. The molecule has 0 saturated heterocycles. The Morgan fingerprint density at radius 2 is 2.22 bits per heavy atom. The Morgan fingerprint density at radius 1 is 1.50 bits per heavy atom. The number of aromatic carboxylic acids is 1. The molecule has 2 aromatic heterocycles. The Labute approximate surface area is 109 Å². The van der Waals surface area contributed by atoms with Crippen LogP contribution in [-0.2, 0) is 13.5 Å². The van der Waals surface area contributed by atoms with E-state index in [1.807, 2.05) is 6.92 Å². The van der Waals surface area contributed by atoms with Crippen LogP contribution in [0.3, 0.4) is 0 Å². The Bertz CT molecular complexity index is 607. The van der Waals surface area contributed by atoms with Gasteiger partial charge < -0.3 is 5.11 Å². The van der Waals surface area contributed by atoms with Crippen LogP contribution < -0.4 is 0 Å². The van der Waals surface area contributed by atoms with Gasteiger partial charge in [-0.25, -0.2) is 4.79 Å². The summed E-state index contributed by atoms with van der Waals surface area (Å²) in [7, 11) is 1.80. The summed E-state index contributed by atoms with van der Waals surface area (Å²) in [6, 6.07) is 3.34. The molecule has 0 amide bonds. The van der Waals surface area contributed by atoms with Crippen molar-refractivity contribution in [3.05, 3.63) is 34.6 Å². The average Bonchev–Trinajstić information content (AvgIpc) is 2.74. The minimum Gasteiger partial charge on any atom is -0.478 e. The van der Waals surface area contributed by atoms with Gasteiger partial charge in [-0.05, 0) is 18.6 Å². The fraction of sp³-hybridized carbons (Fsp3) is 0.250. The molecule has 6 heteroatoms. The molecule has 1 N–H and O–H groups in total. The number of aromatic nitrogens is 3. The maximum atomic E-state index is 11.1. The first-order chi connectivity index (χ1) is 8.52. The molecule has 0 fully saturated rings. The summed E-state index contributed by atoms with van der Waals surface area (Å²) >= 11 is 6.01. The largest absolute Gasteiger partial charge is 0.478 e. The van der Waals surface area contributed by atoms with Crippen molar-refractivity contribution < 1.29 is 9.90 Å². The highest BCUT2D eigenvalue weighted by molar-refractivity contribution is 6.33. The molecule has 94 valence electrons. The minimum absolute atomic E-state index is 0.0684. The van der Waals surface area contributed by atoms with Crippen LogP contribution in [0, 0.1) is 0 Å². The second kappa shape index (κ2) is 4.78. The molecule has 0 atom stereocenters. The van der Waals surface area contributed by atoms with Crippen molar-refractivity contribution in [2.45, 2.75) is 13.3 Å². The van der Waals surface area contributed by atoms with Crippen molar-refractivity contribution in [2.24, 2.45) is 7.05 Å². The lowest BCUT2D eigenvalue weighted by molar-refractivity contribution is 0.0695. The van der Waals surface area contributed by atoms with E-state index in [0.717, 1.165) is 0 Å². The van der Waals surface area contributed by atoms with Crippen LogP contribution >= 0.6 is 11.6 Å². The summed E-state index contributed by atoms with van der Waals surface area (Å²) in [6.07, 6.45) is 2.30. The van der Waals surface area contributed by atoms with Crippen LogP contribution in [0.15, 0.2) is 18.3 Å². The van der Waals surface area contributed by atoms with Gasteiger partial charge in [0.15, 0.2) is 0 Å². The van der Waals surface area contributed by atoms with Crippen LogP contribution in [0.4, 0.5) is 0 Å². The summed E-state index contributed by atoms with van der Waals surface area (Å²) in [5, 5.41) is 13.5. The van der Waals surface area contributed by atoms with E-state index in [2.05, 4.69) is 10.1 Å². The van der Waals surface area contributed by atoms with E-state index in [9.17, 15) is 4.79 Å². The van der Waals surface area contributed by atoms with Crippen molar-refractivity contribution in [1.82, 2.24) is 14.8 Å². The van der Waals surface area contributed by atoms with Crippen LogP contribution in [0.25, 0.3) is 11.4 Å². The molecule has 2 aromatic rings. The number of nitrogens with zero attached hydrogens (tertiary/aromatic N) is 3. The fourth-order valence-electron chi connectivity index (χ4n) is 1.73. The van der Waals surface area contributed by atoms with Crippen LogP contribution in [0.5, 0.6) is 0 Å². The number of rotatable bonds is 3. The summed E-state index contributed by atoms with van der Waals surface area (Å²) < 4.78 is 1.65. The van der Waals surface area contributed by atoms with Gasteiger partial charge in [-0.1, -0.05) is 18.5 Å². The lowest BCUT2D eigenvalue weighted by atomic mass is 10.1. The molecule has 5 nitrogen and oxygen atoms in total. The smallest absolute Gasteiger partial charge is 0.339 e. The topological polar surface area (TPSA) is 68.0 Å². The third-order valence-corrected chi connectivity index (χ3v) is 2.87. The lowest BCUT2D eigenvalue weighted by Crippen LogP contribution is -2.06. The maximum absolute atomic E-state index is 11.1. The predicted molar refractivity (Wildman–Crippen MR) is 67.8 cm³/mol. The molecule has 2 rings (SSSR count). The summed E-state index contributed by atoms with van der Waals surface area (Å²) in [5.74, 6) is -1.06. The highest BCUT2D eigenvalue weighted by atomic mass is 35.5. The molecular weight excluding hydrogens is 254 g/mol. The number of hydrogen-bond acceptors (Lipinski definition) is 3. The first-order valence-electron chi connectivity index (χ1n) is 5.45. The van der Waals surface area contributed by atoms with Gasteiger partial charge in [-0.3, -0.25) is 9.67 Å². The lowest BCUT2D eigenvalue weighted by Gasteiger charge is -2.07. The monoisotopic (exact) mass is 265 g/mol. The molecule has 18 heavy (non-hydrogen) atoms. The van der Waals surface area contributed by atoms with E-state index >= 15 is 0 Å². The standard InChI is InChI=1S/C12H12ClN3O2/c1-3-8-11(12(17)18)7(13)6-10(14-8)9-4-5-16(2)15-9/h4-6H,3H2,1-2H3,(H,17,18). The fourth-order valence-corrected chi connectivity index (χ4v) is 2.02. The SMILES string of the molecule is CCc1nc(-c2ccn(C)n2)cc(Cl)c1C(=O)O. The zero-order chi connectivity index (χ0) is 13.3. The van der Waals surface area contributed by atoms with Gasteiger partial charge in [-0.15, -0.1) is 0 Å². The first-order valence-corrected chi connectivity index (χ1v) is 5.83. The van der Waals surface area contributed by atoms with Crippen molar-refractivity contribution in [3.63, 3.8) is 0 Å². The molecule has 0 spiro atoms. The van der Waals surface area contributed by atoms with Crippen molar-refractivity contribution in [1.29, 1.82) is 0 Å². The number of carbonyl (C=O) groups is 1. The Kier molecular flexibility index (Phi) is 3.34. The van der Waals surface area contributed by atoms with E-state index in [4.69, 9.17) is 16.7 Å². The molecule has 0 aliphatic rings. The Hall–Kier alpha value is -1.88. The Morgan fingerprint density at radius 3 is 2.72 bits per heavy atom. The number of pyridine rings is 1. The normalized spacial score (nSPS) is 10.6. The highest BCUT2D eigenvalue weighted by Gasteiger charge is 2.17. The maximum Gasteiger partial charge on any atom is 0.339 e. The van der Waals surface area contributed by atoms with E-state index in [1.54, 1.807) is 24.0 Å². The predicted octanol–water partition coefficient (Wildman–Crippen LogP) is 2.40. The molecule has 0 bridgehead atoms. The molecule has 0 unspecified atom stereocenters. The van der Waals surface area contributed by atoms with Crippen LogP contribution in [-0.4, -0.2) is 25.8 Å². The summed E-state index contributed by atoms with van der Waals surface area (Å²) in [6.45, 7) is 1.84. The quantitative estimate of drug-likeness (QED) is 0.925. The van der Waals surface area contributed by atoms with E-state index < -0.39 is 5.97 Å². The molecule has 2 heterocycles. The average molecular weight is 266 g/mol. The zero-order valence-corrected chi connectivity index (χ0v) is 10.8. The molecule has 0 aromatic carbocycles. The van der Waals surface area contributed by atoms with Gasteiger partial charge in [0.2, 0.25) is 0 Å². The third kappa shape index (κ3) is 2.22. The minimum atomic E-state index is -1.06. The number of carboxylic acid groups (broad SMARTS) is 1. The van der Waals surface area contributed by atoms with Crippen molar-refractivity contribution >= 4 is 17.6 Å². The van der Waals surface area contributed by atoms with Gasteiger partial charge >= 0.3 is 5.97 Å². The zero-order valence-electron chi connectivity index (χ0n) is 10.0. The van der Waals surface area contributed by atoms with Crippen molar-refractivity contribution in [2.75, 3.05) is 0 Å². The molecule has 0 radical (unpaired) electrons. The second-order valence-electron chi connectivity index (χ2n) is 3.84. The number of hydrogen-bond donors (Lipinski definition) is 1. The molecule has 0 saturated carbocycles. The Balaban J connectivity index is 2.59. The number of aryl methyl sites for hydroxylation is 2. The van der Waals surface area contributed by atoms with Gasteiger partial charge in [0.1, 0.15) is 5.69 Å². The molecular formula is C12H12ClN3O2. The number of carboxylic acids is 1. The van der Waals surface area contributed by atoms with Gasteiger partial charge in [-0.2, -0.15) is 5.10 Å². The summed E-state index contributed by atoms with van der Waals surface area (Å²) in [5.41, 5.74) is 1.79. The van der Waals surface area contributed by atoms with Crippen LogP contribution in [0.1, 0.15) is 23.0 Å². The summed E-state index contributed by atoms with van der Waals surface area (Å²) in [4.78, 5) is 15.4. The van der Waals surface area contributed by atoms with Gasteiger partial charge in [0.05, 0.1) is 22.0 Å². The third-order valence-electron chi connectivity index (χ3n) is 2.57.